The molecular formula is C15H22N2O3. The second-order valence-corrected chi connectivity index (χ2v) is 5.80. The molecular weight excluding hydrogens is 256 g/mol. The highest BCUT2D eigenvalue weighted by molar-refractivity contribution is 5.86. The van der Waals surface area contributed by atoms with Crippen molar-refractivity contribution in [3.63, 3.8) is 0 Å². The topological polar surface area (TPSA) is 59.6 Å². The number of para-hydroxylation sites is 1. The highest BCUT2D eigenvalue weighted by Crippen LogP contribution is 2.25. The zero-order chi connectivity index (χ0) is 14.6. The maximum Gasteiger partial charge on any atom is 0.412 e. The molecule has 20 heavy (non-hydrogen) atoms. The average molecular weight is 278 g/mol. The van der Waals surface area contributed by atoms with Gasteiger partial charge in [0, 0.05) is 12.2 Å². The fourth-order valence-electron chi connectivity index (χ4n) is 2.09. The Hall–Kier alpha value is -1.59. The van der Waals surface area contributed by atoms with Gasteiger partial charge in [0.1, 0.15) is 5.60 Å². The molecule has 1 fully saturated rings. The second kappa shape index (κ2) is 6.24. The molecule has 0 aliphatic carbocycles. The summed E-state index contributed by atoms with van der Waals surface area (Å²) >= 11 is 0. The molecule has 1 unspecified atom stereocenters. The Kier molecular flexibility index (Phi) is 4.62. The van der Waals surface area contributed by atoms with Crippen molar-refractivity contribution in [2.75, 3.05) is 25.1 Å². The molecule has 0 radical (unpaired) electrons. The molecule has 1 heterocycles. The highest BCUT2D eigenvalue weighted by Gasteiger charge is 2.21. The lowest BCUT2D eigenvalue weighted by atomic mass is 10.0. The molecule has 0 spiro atoms. The van der Waals surface area contributed by atoms with E-state index in [1.54, 1.807) is 0 Å². The molecule has 1 saturated heterocycles. The van der Waals surface area contributed by atoms with Crippen molar-refractivity contribution >= 4 is 11.8 Å². The van der Waals surface area contributed by atoms with Crippen LogP contribution in [0.1, 0.15) is 32.4 Å². The Labute approximate surface area is 119 Å². The van der Waals surface area contributed by atoms with Crippen LogP contribution in [-0.4, -0.2) is 31.5 Å². The monoisotopic (exact) mass is 278 g/mol. The number of carbonyl (C=O) groups excluding carboxylic acids is 1. The molecule has 5 nitrogen and oxygen atoms in total. The molecule has 1 aromatic carbocycles. The third-order valence-corrected chi connectivity index (χ3v) is 2.89. The van der Waals surface area contributed by atoms with E-state index in [0.717, 1.165) is 24.4 Å². The van der Waals surface area contributed by atoms with Gasteiger partial charge in [0.05, 0.1) is 19.3 Å². The molecule has 5 heteroatoms. The van der Waals surface area contributed by atoms with Gasteiger partial charge in [0.2, 0.25) is 0 Å². The quantitative estimate of drug-likeness (QED) is 0.873. The van der Waals surface area contributed by atoms with Gasteiger partial charge < -0.3 is 14.8 Å². The number of hydrogen-bond acceptors (Lipinski definition) is 4. The van der Waals surface area contributed by atoms with Crippen LogP contribution in [0.4, 0.5) is 10.5 Å². The summed E-state index contributed by atoms with van der Waals surface area (Å²) in [6, 6.07) is 7.79. The summed E-state index contributed by atoms with van der Waals surface area (Å²) in [7, 11) is 0. The van der Waals surface area contributed by atoms with Gasteiger partial charge in [-0.2, -0.15) is 0 Å². The van der Waals surface area contributed by atoms with Gasteiger partial charge >= 0.3 is 6.09 Å². The van der Waals surface area contributed by atoms with Crippen LogP contribution in [0.25, 0.3) is 0 Å². The van der Waals surface area contributed by atoms with Gasteiger partial charge in [-0.05, 0) is 32.4 Å². The number of rotatable bonds is 2. The largest absolute Gasteiger partial charge is 0.444 e. The zero-order valence-corrected chi connectivity index (χ0v) is 12.2. The highest BCUT2D eigenvalue weighted by atomic mass is 16.6. The molecule has 1 atom stereocenters. The number of benzene rings is 1. The van der Waals surface area contributed by atoms with Crippen molar-refractivity contribution in [1.29, 1.82) is 0 Å². The van der Waals surface area contributed by atoms with Crippen LogP contribution in [-0.2, 0) is 9.47 Å². The lowest BCUT2D eigenvalue weighted by molar-refractivity contribution is 0.0633. The maximum atomic E-state index is 11.9. The SMILES string of the molecule is CC(C)(C)OC(=O)Nc1ccccc1C1COCCN1. The number of amides is 1. The van der Waals surface area contributed by atoms with Crippen molar-refractivity contribution in [2.24, 2.45) is 0 Å². The summed E-state index contributed by atoms with van der Waals surface area (Å²) < 4.78 is 10.8. The van der Waals surface area contributed by atoms with Crippen molar-refractivity contribution in [2.45, 2.75) is 32.4 Å². The van der Waals surface area contributed by atoms with E-state index < -0.39 is 11.7 Å². The molecule has 0 saturated carbocycles. The molecule has 110 valence electrons. The van der Waals surface area contributed by atoms with Gasteiger partial charge in [0.25, 0.3) is 0 Å². The summed E-state index contributed by atoms with van der Waals surface area (Å²) in [5, 5.41) is 6.19. The van der Waals surface area contributed by atoms with Crippen LogP contribution in [0.15, 0.2) is 24.3 Å². The minimum Gasteiger partial charge on any atom is -0.444 e. The fraction of sp³-hybridized carbons (Fsp3) is 0.533. The molecule has 0 aromatic heterocycles. The van der Waals surface area contributed by atoms with E-state index in [1.807, 2.05) is 45.0 Å². The normalized spacial score (nSPS) is 19.4. The Morgan fingerprint density at radius 3 is 2.80 bits per heavy atom. The van der Waals surface area contributed by atoms with E-state index in [-0.39, 0.29) is 6.04 Å². The third kappa shape index (κ3) is 4.21. The summed E-state index contributed by atoms with van der Waals surface area (Å²) in [6.07, 6.45) is -0.443. The van der Waals surface area contributed by atoms with Crippen LogP contribution >= 0.6 is 0 Å². The van der Waals surface area contributed by atoms with Crippen LogP contribution in [0.5, 0.6) is 0 Å². The Balaban J connectivity index is 2.09. The zero-order valence-electron chi connectivity index (χ0n) is 12.2. The van der Waals surface area contributed by atoms with E-state index in [0.29, 0.717) is 6.61 Å². The average Bonchev–Trinajstić information content (AvgIpc) is 2.38. The lowest BCUT2D eigenvalue weighted by Gasteiger charge is -2.26. The fourth-order valence-corrected chi connectivity index (χ4v) is 2.09. The van der Waals surface area contributed by atoms with Crippen LogP contribution in [0, 0.1) is 0 Å². The Morgan fingerprint density at radius 1 is 1.40 bits per heavy atom. The first-order chi connectivity index (χ1) is 9.46. The standard InChI is InChI=1S/C15H22N2O3/c1-15(2,3)20-14(18)17-12-7-5-4-6-11(12)13-10-19-9-8-16-13/h4-7,13,16H,8-10H2,1-3H3,(H,17,18). The predicted octanol–water partition coefficient (Wildman–Crippen LogP) is 2.69. The Morgan fingerprint density at radius 2 is 2.15 bits per heavy atom. The first kappa shape index (κ1) is 14.8. The van der Waals surface area contributed by atoms with Crippen molar-refractivity contribution < 1.29 is 14.3 Å². The summed E-state index contributed by atoms with van der Waals surface area (Å²) in [4.78, 5) is 11.9. The third-order valence-electron chi connectivity index (χ3n) is 2.89. The number of ether oxygens (including phenoxy) is 2. The molecule has 2 rings (SSSR count). The van der Waals surface area contributed by atoms with Gasteiger partial charge in [-0.15, -0.1) is 0 Å². The van der Waals surface area contributed by atoms with Gasteiger partial charge in [0.15, 0.2) is 0 Å². The molecule has 1 aromatic rings. The van der Waals surface area contributed by atoms with Gasteiger partial charge in [-0.1, -0.05) is 18.2 Å². The number of anilines is 1. The predicted molar refractivity (Wildman–Crippen MR) is 77.9 cm³/mol. The number of morpholine rings is 1. The maximum absolute atomic E-state index is 11.9. The Bertz CT molecular complexity index is 462. The number of carbonyl (C=O) groups is 1. The number of nitrogens with one attached hydrogen (secondary N) is 2. The van der Waals surface area contributed by atoms with Gasteiger partial charge in [-0.3, -0.25) is 5.32 Å². The second-order valence-electron chi connectivity index (χ2n) is 5.80. The first-order valence-electron chi connectivity index (χ1n) is 6.86. The van der Waals surface area contributed by atoms with E-state index in [1.165, 1.54) is 0 Å². The molecule has 1 amide bonds. The summed E-state index contributed by atoms with van der Waals surface area (Å²) in [6.45, 7) is 7.66. The minimum absolute atomic E-state index is 0.0925. The van der Waals surface area contributed by atoms with E-state index in [9.17, 15) is 4.79 Å². The van der Waals surface area contributed by atoms with E-state index in [4.69, 9.17) is 9.47 Å². The van der Waals surface area contributed by atoms with Crippen molar-refractivity contribution in [1.82, 2.24) is 5.32 Å². The summed E-state index contributed by atoms with van der Waals surface area (Å²) in [5.41, 5.74) is 1.26. The molecule has 2 N–H and O–H groups in total. The smallest absolute Gasteiger partial charge is 0.412 e. The van der Waals surface area contributed by atoms with Crippen LogP contribution in [0.3, 0.4) is 0 Å². The van der Waals surface area contributed by atoms with Gasteiger partial charge in [-0.25, -0.2) is 4.79 Å². The van der Waals surface area contributed by atoms with Crippen molar-refractivity contribution in [3.8, 4) is 0 Å². The summed E-state index contributed by atoms with van der Waals surface area (Å²) in [5.74, 6) is 0. The minimum atomic E-state index is -0.509. The first-order valence-corrected chi connectivity index (χ1v) is 6.86. The van der Waals surface area contributed by atoms with Crippen LogP contribution in [0.2, 0.25) is 0 Å². The van der Waals surface area contributed by atoms with E-state index >= 15 is 0 Å². The lowest BCUT2D eigenvalue weighted by Crippen LogP contribution is -2.35. The number of hydrogen-bond donors (Lipinski definition) is 2. The molecule has 1 aliphatic rings. The molecule has 1 aliphatic heterocycles. The van der Waals surface area contributed by atoms with Crippen molar-refractivity contribution in [3.05, 3.63) is 29.8 Å². The van der Waals surface area contributed by atoms with Crippen LogP contribution < -0.4 is 10.6 Å². The van der Waals surface area contributed by atoms with E-state index in [2.05, 4.69) is 10.6 Å². The molecule has 0 bridgehead atoms.